The first-order valence-electron chi connectivity index (χ1n) is 9.85. The van der Waals surface area contributed by atoms with Crippen molar-refractivity contribution in [3.63, 3.8) is 0 Å². The monoisotopic (exact) mass is 482 g/mol. The van der Waals surface area contributed by atoms with E-state index in [0.717, 1.165) is 29.1 Å². The molecule has 1 saturated heterocycles. The van der Waals surface area contributed by atoms with Gasteiger partial charge in [0.2, 0.25) is 5.91 Å². The van der Waals surface area contributed by atoms with Crippen molar-refractivity contribution in [1.82, 2.24) is 9.21 Å². The summed E-state index contributed by atoms with van der Waals surface area (Å²) in [5.41, 5.74) is 1.80. The number of carbonyl (C=O) groups excluding carboxylic acids is 1. The van der Waals surface area contributed by atoms with Gasteiger partial charge in [0.1, 0.15) is 0 Å². The van der Waals surface area contributed by atoms with E-state index in [-0.39, 0.29) is 18.4 Å². The van der Waals surface area contributed by atoms with Gasteiger partial charge in [-0.3, -0.25) is 18.8 Å². The molecule has 3 rings (SSSR count). The summed E-state index contributed by atoms with van der Waals surface area (Å²) < 4.78 is 7.59. The number of morpholine rings is 1. The van der Waals surface area contributed by atoms with Crippen molar-refractivity contribution in [3.05, 3.63) is 63.6 Å². The summed E-state index contributed by atoms with van der Waals surface area (Å²) >= 11 is 13.5. The highest BCUT2D eigenvalue weighted by Gasteiger charge is 2.25. The summed E-state index contributed by atoms with van der Waals surface area (Å²) in [4.78, 5) is 26.2. The Morgan fingerprint density at radius 1 is 1.16 bits per heavy atom. The molecule has 166 valence electrons. The Labute approximate surface area is 196 Å². The van der Waals surface area contributed by atoms with Gasteiger partial charge < -0.3 is 9.84 Å². The van der Waals surface area contributed by atoms with Crippen LogP contribution in [0.1, 0.15) is 18.1 Å². The molecule has 0 bridgehead atoms. The van der Waals surface area contributed by atoms with E-state index in [2.05, 4.69) is 4.90 Å². The van der Waals surface area contributed by atoms with Gasteiger partial charge in [-0.15, -0.1) is 0 Å². The minimum absolute atomic E-state index is 0.0219. The van der Waals surface area contributed by atoms with Gasteiger partial charge in [-0.2, -0.15) is 0 Å². The van der Waals surface area contributed by atoms with Gasteiger partial charge >= 0.3 is 5.97 Å². The fraction of sp³-hybridized carbons (Fsp3) is 0.364. The van der Waals surface area contributed by atoms with Crippen molar-refractivity contribution < 1.29 is 19.4 Å². The fourth-order valence-electron chi connectivity index (χ4n) is 3.32. The number of hydrogen-bond donors (Lipinski definition) is 1. The summed E-state index contributed by atoms with van der Waals surface area (Å²) in [6, 6.07) is 12.8. The van der Waals surface area contributed by atoms with Gasteiger partial charge in [0.05, 0.1) is 35.7 Å². The second kappa shape index (κ2) is 11.2. The zero-order valence-corrected chi connectivity index (χ0v) is 19.4. The molecule has 1 amide bonds. The third kappa shape index (κ3) is 7.40. The number of nitrogens with zero attached hydrogens (tertiary/aromatic N) is 2. The minimum atomic E-state index is -0.870. The van der Waals surface area contributed by atoms with Gasteiger partial charge in [-0.25, -0.2) is 0 Å². The zero-order valence-electron chi connectivity index (χ0n) is 17.1. The number of rotatable bonds is 8. The Morgan fingerprint density at radius 2 is 1.87 bits per heavy atom. The maximum absolute atomic E-state index is 12.2. The van der Waals surface area contributed by atoms with E-state index in [4.69, 9.17) is 33.0 Å². The normalized spacial score (nSPS) is 16.8. The highest BCUT2D eigenvalue weighted by atomic mass is 35.5. The van der Waals surface area contributed by atoms with E-state index in [0.29, 0.717) is 29.7 Å². The zero-order chi connectivity index (χ0) is 22.4. The number of carboxylic acid groups (broad SMARTS) is 1. The highest BCUT2D eigenvalue weighted by molar-refractivity contribution is 7.97. The van der Waals surface area contributed by atoms with Crippen LogP contribution in [-0.4, -0.2) is 58.5 Å². The van der Waals surface area contributed by atoms with E-state index >= 15 is 0 Å². The topological polar surface area (TPSA) is 70.1 Å². The van der Waals surface area contributed by atoms with Crippen molar-refractivity contribution in [2.24, 2.45) is 0 Å². The van der Waals surface area contributed by atoms with Crippen molar-refractivity contribution in [2.75, 3.05) is 26.2 Å². The largest absolute Gasteiger partial charge is 0.481 e. The number of benzene rings is 2. The lowest BCUT2D eigenvalue weighted by Gasteiger charge is -2.35. The fourth-order valence-corrected chi connectivity index (χ4v) is 4.52. The van der Waals surface area contributed by atoms with Crippen LogP contribution >= 0.6 is 35.1 Å². The number of aliphatic carboxylic acids is 1. The SMILES string of the molecule is CC(=O)N(C[C@@H]1CN(Cc2ccc(Cl)c(Cl)c2)CCO1)Sc1ccc(CC(=O)O)cc1. The molecule has 2 aromatic rings. The van der Waals surface area contributed by atoms with Crippen molar-refractivity contribution in [2.45, 2.75) is 30.9 Å². The second-order valence-corrected chi connectivity index (χ2v) is 9.27. The number of amides is 1. The molecular weight excluding hydrogens is 459 g/mol. The standard InChI is InChI=1S/C22H24Cl2N2O4S/c1-15(27)26(31-19-5-2-16(3-6-19)11-22(28)29)14-18-13-25(8-9-30-18)12-17-4-7-20(23)21(24)10-17/h2-7,10,18H,8-9,11-14H2,1H3,(H,28,29)/t18-/m0/s1. The van der Waals surface area contributed by atoms with E-state index in [1.807, 2.05) is 24.3 Å². The van der Waals surface area contributed by atoms with Gasteiger partial charge in [0.25, 0.3) is 0 Å². The molecular formula is C22H24Cl2N2O4S. The maximum atomic E-state index is 12.2. The lowest BCUT2D eigenvalue weighted by Crippen LogP contribution is -2.46. The highest BCUT2D eigenvalue weighted by Crippen LogP contribution is 2.26. The molecule has 1 atom stereocenters. The molecule has 6 nitrogen and oxygen atoms in total. The van der Waals surface area contributed by atoms with Crippen LogP contribution in [0, 0.1) is 0 Å². The molecule has 1 aliphatic heterocycles. The van der Waals surface area contributed by atoms with Crippen LogP contribution in [-0.2, 0) is 27.3 Å². The van der Waals surface area contributed by atoms with Crippen LogP contribution in [0.4, 0.5) is 0 Å². The lowest BCUT2D eigenvalue weighted by molar-refractivity contribution is -0.136. The molecule has 0 spiro atoms. The van der Waals surface area contributed by atoms with E-state index in [9.17, 15) is 9.59 Å². The smallest absolute Gasteiger partial charge is 0.307 e. The number of carboxylic acids is 1. The number of hydrogen-bond acceptors (Lipinski definition) is 5. The Bertz CT molecular complexity index is 926. The third-order valence-corrected chi connectivity index (χ3v) is 6.68. The van der Waals surface area contributed by atoms with E-state index in [1.165, 1.54) is 18.9 Å². The quantitative estimate of drug-likeness (QED) is 0.563. The summed E-state index contributed by atoms with van der Waals surface area (Å²) in [5, 5.41) is 9.97. The number of halogens is 2. The van der Waals surface area contributed by atoms with Crippen LogP contribution in [0.15, 0.2) is 47.4 Å². The van der Waals surface area contributed by atoms with E-state index in [1.54, 1.807) is 22.5 Å². The molecule has 0 aliphatic carbocycles. The van der Waals surface area contributed by atoms with E-state index < -0.39 is 5.97 Å². The Hall–Kier alpha value is -1.77. The average Bonchev–Trinajstić information content (AvgIpc) is 2.71. The number of carbonyl (C=O) groups is 2. The first kappa shape index (κ1) is 23.9. The minimum Gasteiger partial charge on any atom is -0.481 e. The molecule has 1 aliphatic rings. The van der Waals surface area contributed by atoms with Crippen LogP contribution in [0.3, 0.4) is 0 Å². The maximum Gasteiger partial charge on any atom is 0.307 e. The first-order valence-corrected chi connectivity index (χ1v) is 11.4. The molecule has 1 N–H and O–H groups in total. The van der Waals surface area contributed by atoms with Gasteiger partial charge in [-0.1, -0.05) is 41.4 Å². The summed E-state index contributed by atoms with van der Waals surface area (Å²) in [6.07, 6.45) is -0.134. The predicted molar refractivity (Wildman–Crippen MR) is 123 cm³/mol. The molecule has 1 fully saturated rings. The summed E-state index contributed by atoms with van der Waals surface area (Å²) in [5.74, 6) is -0.935. The molecule has 9 heteroatoms. The van der Waals surface area contributed by atoms with Crippen LogP contribution < -0.4 is 0 Å². The molecule has 0 radical (unpaired) electrons. The van der Waals surface area contributed by atoms with Crippen molar-refractivity contribution in [3.8, 4) is 0 Å². The predicted octanol–water partition coefficient (Wildman–Crippen LogP) is 4.38. The van der Waals surface area contributed by atoms with Crippen LogP contribution in [0.5, 0.6) is 0 Å². The summed E-state index contributed by atoms with van der Waals surface area (Å²) in [7, 11) is 0. The Balaban J connectivity index is 1.58. The molecule has 0 unspecified atom stereocenters. The first-order chi connectivity index (χ1) is 14.8. The Kier molecular flexibility index (Phi) is 8.63. The molecule has 2 aromatic carbocycles. The van der Waals surface area contributed by atoms with Crippen LogP contribution in [0.25, 0.3) is 0 Å². The third-order valence-electron chi connectivity index (χ3n) is 4.83. The lowest BCUT2D eigenvalue weighted by atomic mass is 10.2. The molecule has 0 aromatic heterocycles. The molecule has 0 saturated carbocycles. The average molecular weight is 483 g/mol. The molecule has 1 heterocycles. The van der Waals surface area contributed by atoms with Gasteiger partial charge in [0.15, 0.2) is 0 Å². The van der Waals surface area contributed by atoms with Crippen molar-refractivity contribution >= 4 is 47.0 Å². The van der Waals surface area contributed by atoms with Crippen molar-refractivity contribution in [1.29, 1.82) is 0 Å². The van der Waals surface area contributed by atoms with Gasteiger partial charge in [0, 0.05) is 31.5 Å². The van der Waals surface area contributed by atoms with Crippen LogP contribution in [0.2, 0.25) is 10.0 Å². The van der Waals surface area contributed by atoms with Gasteiger partial charge in [-0.05, 0) is 47.3 Å². The number of ether oxygens (including phenoxy) is 1. The Morgan fingerprint density at radius 3 is 2.52 bits per heavy atom. The molecule has 31 heavy (non-hydrogen) atoms. The second-order valence-electron chi connectivity index (χ2n) is 7.36. The summed E-state index contributed by atoms with van der Waals surface area (Å²) in [6.45, 7) is 4.80.